The van der Waals surface area contributed by atoms with Gasteiger partial charge >= 0.3 is 0 Å². The molecule has 0 aliphatic carbocycles. The van der Waals surface area contributed by atoms with E-state index in [-0.39, 0.29) is 16.9 Å². The van der Waals surface area contributed by atoms with Crippen molar-refractivity contribution in [1.82, 2.24) is 0 Å². The molecule has 0 bridgehead atoms. The summed E-state index contributed by atoms with van der Waals surface area (Å²) in [7, 11) is -2.86. The highest BCUT2D eigenvalue weighted by atomic mass is 32.2. The average Bonchev–Trinajstić information content (AvgIpc) is 2.25. The van der Waals surface area contributed by atoms with Crippen LogP contribution in [0.1, 0.15) is 30.9 Å². The molecular formula is C13H19NO2S. The highest BCUT2D eigenvalue weighted by molar-refractivity contribution is 7.93. The van der Waals surface area contributed by atoms with Crippen LogP contribution in [0, 0.1) is 0 Å². The Hall–Kier alpha value is -0.870. The molecule has 1 aromatic carbocycles. The fourth-order valence-corrected chi connectivity index (χ4v) is 4.59. The van der Waals surface area contributed by atoms with Gasteiger partial charge in [0.25, 0.3) is 0 Å². The van der Waals surface area contributed by atoms with Crippen molar-refractivity contribution in [2.24, 2.45) is 5.73 Å². The van der Waals surface area contributed by atoms with E-state index in [0.29, 0.717) is 12.5 Å². The number of nitrogens with two attached hydrogens (primary N) is 1. The van der Waals surface area contributed by atoms with Gasteiger partial charge in [0.05, 0.1) is 11.5 Å². The predicted octanol–water partition coefficient (Wildman–Crippen LogP) is 1.43. The molecule has 2 rings (SSSR count). The van der Waals surface area contributed by atoms with Gasteiger partial charge in [-0.1, -0.05) is 38.1 Å². The Morgan fingerprint density at radius 1 is 1.24 bits per heavy atom. The van der Waals surface area contributed by atoms with E-state index in [2.05, 4.69) is 26.0 Å². The highest BCUT2D eigenvalue weighted by Crippen LogP contribution is 2.36. The number of hydrogen-bond acceptors (Lipinski definition) is 3. The van der Waals surface area contributed by atoms with Gasteiger partial charge in [-0.3, -0.25) is 0 Å². The second-order valence-electron chi connectivity index (χ2n) is 5.29. The van der Waals surface area contributed by atoms with E-state index >= 15 is 0 Å². The Balaban J connectivity index is 2.28. The minimum Gasteiger partial charge on any atom is -0.330 e. The lowest BCUT2D eigenvalue weighted by Crippen LogP contribution is -2.56. The standard InChI is InChI=1S/C13H19NO2S/c1-10(2)11-3-5-12(6-4-11)13(7-14)8-17(15,16)9-13/h3-6,10H,7-9,14H2,1-2H3. The molecule has 0 atom stereocenters. The molecule has 2 N–H and O–H groups in total. The zero-order valence-electron chi connectivity index (χ0n) is 10.3. The van der Waals surface area contributed by atoms with Crippen LogP contribution in [0.5, 0.6) is 0 Å². The quantitative estimate of drug-likeness (QED) is 0.886. The van der Waals surface area contributed by atoms with E-state index in [9.17, 15) is 8.42 Å². The van der Waals surface area contributed by atoms with Crippen molar-refractivity contribution in [3.05, 3.63) is 35.4 Å². The third-order valence-electron chi connectivity index (χ3n) is 3.57. The molecule has 0 radical (unpaired) electrons. The van der Waals surface area contributed by atoms with Crippen LogP contribution in [0.4, 0.5) is 0 Å². The lowest BCUT2D eigenvalue weighted by Gasteiger charge is -2.40. The van der Waals surface area contributed by atoms with E-state index in [1.807, 2.05) is 12.1 Å². The van der Waals surface area contributed by atoms with Gasteiger partial charge in [0.1, 0.15) is 0 Å². The van der Waals surface area contributed by atoms with Crippen LogP contribution in [-0.2, 0) is 15.3 Å². The first-order valence-corrected chi connectivity index (χ1v) is 7.72. The topological polar surface area (TPSA) is 60.2 Å². The van der Waals surface area contributed by atoms with Crippen molar-refractivity contribution in [3.63, 3.8) is 0 Å². The van der Waals surface area contributed by atoms with E-state index in [0.717, 1.165) is 5.56 Å². The second-order valence-corrected chi connectivity index (χ2v) is 7.36. The maximum atomic E-state index is 11.4. The van der Waals surface area contributed by atoms with Crippen molar-refractivity contribution in [1.29, 1.82) is 0 Å². The molecule has 1 fully saturated rings. The Kier molecular flexibility index (Phi) is 3.04. The Labute approximate surface area is 103 Å². The molecular weight excluding hydrogens is 234 g/mol. The van der Waals surface area contributed by atoms with Crippen molar-refractivity contribution >= 4 is 9.84 Å². The summed E-state index contributed by atoms with van der Waals surface area (Å²) in [6.07, 6.45) is 0. The minimum absolute atomic E-state index is 0.192. The highest BCUT2D eigenvalue weighted by Gasteiger charge is 2.48. The Morgan fingerprint density at radius 2 is 1.76 bits per heavy atom. The fraction of sp³-hybridized carbons (Fsp3) is 0.538. The lowest BCUT2D eigenvalue weighted by molar-refractivity contribution is 0.465. The first-order chi connectivity index (χ1) is 7.88. The van der Waals surface area contributed by atoms with Gasteiger partial charge in [0.2, 0.25) is 0 Å². The maximum absolute atomic E-state index is 11.4. The average molecular weight is 253 g/mol. The molecule has 1 aliphatic heterocycles. The van der Waals surface area contributed by atoms with Crippen LogP contribution < -0.4 is 5.73 Å². The Morgan fingerprint density at radius 3 is 2.12 bits per heavy atom. The summed E-state index contributed by atoms with van der Waals surface area (Å²) in [6.45, 7) is 4.68. The van der Waals surface area contributed by atoms with Crippen molar-refractivity contribution < 1.29 is 8.42 Å². The summed E-state index contributed by atoms with van der Waals surface area (Å²) < 4.78 is 22.7. The van der Waals surface area contributed by atoms with Gasteiger partial charge in [-0.05, 0) is 17.0 Å². The third kappa shape index (κ3) is 2.24. The molecule has 0 spiro atoms. The number of hydrogen-bond donors (Lipinski definition) is 1. The van der Waals surface area contributed by atoms with Crippen LogP contribution in [0.3, 0.4) is 0 Å². The van der Waals surface area contributed by atoms with E-state index in [4.69, 9.17) is 5.73 Å². The smallest absolute Gasteiger partial charge is 0.152 e. The zero-order chi connectivity index (χ0) is 12.7. The molecule has 0 unspecified atom stereocenters. The van der Waals surface area contributed by atoms with Gasteiger partial charge in [0, 0.05) is 12.0 Å². The van der Waals surface area contributed by atoms with Crippen LogP contribution in [0.25, 0.3) is 0 Å². The minimum atomic E-state index is -2.86. The summed E-state index contributed by atoms with van der Waals surface area (Å²) in [4.78, 5) is 0. The van der Waals surface area contributed by atoms with Gasteiger partial charge in [-0.2, -0.15) is 0 Å². The van der Waals surface area contributed by atoms with Crippen molar-refractivity contribution in [2.45, 2.75) is 25.2 Å². The summed E-state index contributed by atoms with van der Waals surface area (Å²) in [5.74, 6) is 0.873. The summed E-state index contributed by atoms with van der Waals surface area (Å²) in [5.41, 5.74) is 7.74. The molecule has 17 heavy (non-hydrogen) atoms. The first kappa shape index (κ1) is 12.6. The molecule has 1 aromatic rings. The maximum Gasteiger partial charge on any atom is 0.152 e. The van der Waals surface area contributed by atoms with Crippen LogP contribution in [0.15, 0.2) is 24.3 Å². The predicted molar refractivity (Wildman–Crippen MR) is 69.9 cm³/mol. The third-order valence-corrected chi connectivity index (χ3v) is 5.56. The largest absolute Gasteiger partial charge is 0.330 e. The van der Waals surface area contributed by atoms with Gasteiger partial charge in [0.15, 0.2) is 9.84 Å². The van der Waals surface area contributed by atoms with Crippen LogP contribution in [0.2, 0.25) is 0 Å². The summed E-state index contributed by atoms with van der Waals surface area (Å²) >= 11 is 0. The molecule has 3 nitrogen and oxygen atoms in total. The summed E-state index contributed by atoms with van der Waals surface area (Å²) in [5, 5.41) is 0. The molecule has 94 valence electrons. The molecule has 0 aromatic heterocycles. The van der Waals surface area contributed by atoms with Crippen LogP contribution in [-0.4, -0.2) is 26.5 Å². The molecule has 4 heteroatoms. The van der Waals surface area contributed by atoms with Crippen molar-refractivity contribution in [3.8, 4) is 0 Å². The number of benzene rings is 1. The van der Waals surface area contributed by atoms with Gasteiger partial charge < -0.3 is 5.73 Å². The van der Waals surface area contributed by atoms with Gasteiger partial charge in [-0.15, -0.1) is 0 Å². The lowest BCUT2D eigenvalue weighted by atomic mass is 9.82. The monoisotopic (exact) mass is 253 g/mol. The van der Waals surface area contributed by atoms with Crippen LogP contribution >= 0.6 is 0 Å². The Bertz CT molecular complexity index is 491. The van der Waals surface area contributed by atoms with E-state index < -0.39 is 9.84 Å². The van der Waals surface area contributed by atoms with E-state index in [1.165, 1.54) is 5.56 Å². The molecule has 1 aliphatic rings. The van der Waals surface area contributed by atoms with E-state index in [1.54, 1.807) is 0 Å². The molecule has 1 saturated heterocycles. The normalized spacial score (nSPS) is 21.2. The number of rotatable bonds is 3. The molecule has 0 saturated carbocycles. The SMILES string of the molecule is CC(C)c1ccc(C2(CN)CS(=O)(=O)C2)cc1. The second kappa shape index (κ2) is 4.10. The fourth-order valence-electron chi connectivity index (χ4n) is 2.42. The number of sulfone groups is 1. The molecule has 1 heterocycles. The summed E-state index contributed by atoms with van der Waals surface area (Å²) in [6, 6.07) is 8.19. The van der Waals surface area contributed by atoms with Gasteiger partial charge in [-0.25, -0.2) is 8.42 Å². The molecule has 0 amide bonds. The first-order valence-electron chi connectivity index (χ1n) is 5.89. The zero-order valence-corrected chi connectivity index (χ0v) is 11.1. The van der Waals surface area contributed by atoms with Crippen molar-refractivity contribution in [2.75, 3.05) is 18.1 Å².